The second-order valence-corrected chi connectivity index (χ2v) is 3.81. The van der Waals surface area contributed by atoms with Crippen molar-refractivity contribution in [2.45, 2.75) is 0 Å². The number of nitrogens with two attached hydrogens (primary N) is 1. The number of benzene rings is 1. The zero-order valence-corrected chi connectivity index (χ0v) is 9.32. The van der Waals surface area contributed by atoms with Gasteiger partial charge in [0.05, 0.1) is 10.7 Å². The van der Waals surface area contributed by atoms with Gasteiger partial charge in [0, 0.05) is 11.3 Å². The van der Waals surface area contributed by atoms with Crippen molar-refractivity contribution >= 4 is 27.4 Å². The minimum atomic E-state index is -0.181. The molecule has 0 atom stereocenters. The highest BCUT2D eigenvalue weighted by molar-refractivity contribution is 9.10. The summed E-state index contributed by atoms with van der Waals surface area (Å²) in [6.07, 6.45) is 1.47. The van der Waals surface area contributed by atoms with Gasteiger partial charge in [0.15, 0.2) is 5.76 Å². The van der Waals surface area contributed by atoms with Gasteiger partial charge < -0.3 is 10.2 Å². The number of rotatable bonds is 2. The Balaban J connectivity index is 2.47. The van der Waals surface area contributed by atoms with Crippen LogP contribution in [0.2, 0.25) is 0 Å². The van der Waals surface area contributed by atoms with Gasteiger partial charge >= 0.3 is 0 Å². The van der Waals surface area contributed by atoms with Gasteiger partial charge in [-0.15, -0.1) is 0 Å². The Kier molecular flexibility index (Phi) is 2.60. The highest BCUT2D eigenvalue weighted by Crippen LogP contribution is 2.25. The zero-order chi connectivity index (χ0) is 10.8. The zero-order valence-electron chi connectivity index (χ0n) is 7.74. The largest absolute Gasteiger partial charge is 0.461 e. The van der Waals surface area contributed by atoms with Gasteiger partial charge in [0.2, 0.25) is 5.78 Å². The lowest BCUT2D eigenvalue weighted by Crippen LogP contribution is -2.02. The molecule has 1 aromatic carbocycles. The summed E-state index contributed by atoms with van der Waals surface area (Å²) in [6.45, 7) is 0. The molecule has 0 fully saturated rings. The Morgan fingerprint density at radius 3 is 2.73 bits per heavy atom. The molecule has 0 bridgehead atoms. The highest BCUT2D eigenvalue weighted by atomic mass is 79.9. The molecule has 2 aromatic rings. The number of hydrogen-bond acceptors (Lipinski definition) is 3. The molecule has 15 heavy (non-hydrogen) atoms. The number of ketones is 1. The van der Waals surface area contributed by atoms with Gasteiger partial charge in [-0.3, -0.25) is 4.79 Å². The van der Waals surface area contributed by atoms with E-state index in [1.807, 2.05) is 0 Å². The maximum absolute atomic E-state index is 11.9. The molecule has 0 aliphatic carbocycles. The quantitative estimate of drug-likeness (QED) is 0.671. The smallest absolute Gasteiger partial charge is 0.229 e. The van der Waals surface area contributed by atoms with E-state index in [1.54, 1.807) is 30.3 Å². The summed E-state index contributed by atoms with van der Waals surface area (Å²) in [7, 11) is 0. The van der Waals surface area contributed by atoms with Crippen molar-refractivity contribution in [3.63, 3.8) is 0 Å². The van der Waals surface area contributed by atoms with E-state index < -0.39 is 0 Å². The lowest BCUT2D eigenvalue weighted by atomic mass is 10.1. The molecule has 0 spiro atoms. The Morgan fingerprint density at radius 1 is 1.27 bits per heavy atom. The van der Waals surface area contributed by atoms with Crippen molar-refractivity contribution in [2.24, 2.45) is 0 Å². The number of carbonyl (C=O) groups is 1. The maximum Gasteiger partial charge on any atom is 0.229 e. The molecule has 0 radical (unpaired) electrons. The Labute approximate surface area is 95.0 Å². The molecule has 2 rings (SSSR count). The van der Waals surface area contributed by atoms with Crippen molar-refractivity contribution in [3.8, 4) is 0 Å². The van der Waals surface area contributed by atoms with E-state index in [-0.39, 0.29) is 5.78 Å². The predicted molar refractivity (Wildman–Crippen MR) is 60.7 cm³/mol. The van der Waals surface area contributed by atoms with E-state index in [4.69, 9.17) is 10.2 Å². The van der Waals surface area contributed by atoms with Crippen LogP contribution in [0.25, 0.3) is 0 Å². The van der Waals surface area contributed by atoms with Crippen LogP contribution in [0.15, 0.2) is 45.5 Å². The second-order valence-electron chi connectivity index (χ2n) is 3.02. The Bertz CT molecular complexity index is 491. The van der Waals surface area contributed by atoms with E-state index >= 15 is 0 Å². The van der Waals surface area contributed by atoms with E-state index in [2.05, 4.69) is 15.9 Å². The van der Waals surface area contributed by atoms with Crippen LogP contribution < -0.4 is 5.73 Å². The van der Waals surface area contributed by atoms with E-state index in [0.29, 0.717) is 21.5 Å². The molecule has 0 aliphatic rings. The topological polar surface area (TPSA) is 56.2 Å². The summed E-state index contributed by atoms with van der Waals surface area (Å²) >= 11 is 3.28. The standard InChI is InChI=1S/C11H8BrNO2/c12-10-7(3-1-4-8(10)13)11(14)9-5-2-6-15-9/h1-6H,13H2. The molecule has 4 heteroatoms. The van der Waals surface area contributed by atoms with Gasteiger partial charge in [-0.1, -0.05) is 6.07 Å². The molecule has 0 amide bonds. The maximum atomic E-state index is 11.9. The van der Waals surface area contributed by atoms with Gasteiger partial charge in [-0.2, -0.15) is 0 Å². The summed E-state index contributed by atoms with van der Waals surface area (Å²) in [4.78, 5) is 11.9. The molecular formula is C11H8BrNO2. The van der Waals surface area contributed by atoms with Crippen molar-refractivity contribution in [1.29, 1.82) is 0 Å². The van der Waals surface area contributed by atoms with Gasteiger partial charge in [0.25, 0.3) is 0 Å². The number of nitrogen functional groups attached to an aromatic ring is 1. The minimum absolute atomic E-state index is 0.181. The lowest BCUT2D eigenvalue weighted by molar-refractivity contribution is 0.101. The van der Waals surface area contributed by atoms with Crippen LogP contribution >= 0.6 is 15.9 Å². The molecule has 3 nitrogen and oxygen atoms in total. The molecule has 76 valence electrons. The molecule has 2 N–H and O–H groups in total. The highest BCUT2D eigenvalue weighted by Gasteiger charge is 2.15. The van der Waals surface area contributed by atoms with Crippen molar-refractivity contribution < 1.29 is 9.21 Å². The fourth-order valence-corrected chi connectivity index (χ4v) is 1.71. The monoisotopic (exact) mass is 265 g/mol. The first-order valence-corrected chi connectivity index (χ1v) is 5.11. The molecule has 0 saturated heterocycles. The van der Waals surface area contributed by atoms with Crippen LogP contribution in [0.3, 0.4) is 0 Å². The summed E-state index contributed by atoms with van der Waals surface area (Å²) in [5, 5.41) is 0. The average molecular weight is 266 g/mol. The first-order chi connectivity index (χ1) is 7.20. The van der Waals surface area contributed by atoms with Crippen molar-refractivity contribution in [3.05, 3.63) is 52.4 Å². The van der Waals surface area contributed by atoms with Crippen LogP contribution in [0, 0.1) is 0 Å². The third-order valence-electron chi connectivity index (χ3n) is 2.02. The minimum Gasteiger partial charge on any atom is -0.461 e. The SMILES string of the molecule is Nc1cccc(C(=O)c2ccco2)c1Br. The molecule has 0 aliphatic heterocycles. The van der Waals surface area contributed by atoms with E-state index in [0.717, 1.165) is 0 Å². The fraction of sp³-hybridized carbons (Fsp3) is 0. The van der Waals surface area contributed by atoms with Crippen molar-refractivity contribution in [1.82, 2.24) is 0 Å². The number of carbonyl (C=O) groups excluding carboxylic acids is 1. The molecule has 1 aromatic heterocycles. The summed E-state index contributed by atoms with van der Waals surface area (Å²) in [6, 6.07) is 8.45. The van der Waals surface area contributed by atoms with Crippen LogP contribution in [-0.4, -0.2) is 5.78 Å². The molecule has 1 heterocycles. The normalized spacial score (nSPS) is 10.2. The summed E-state index contributed by atoms with van der Waals surface area (Å²) in [5.41, 5.74) is 6.72. The fourth-order valence-electron chi connectivity index (χ4n) is 1.27. The van der Waals surface area contributed by atoms with Crippen LogP contribution in [0.5, 0.6) is 0 Å². The first kappa shape index (κ1) is 9.98. The first-order valence-electron chi connectivity index (χ1n) is 4.32. The lowest BCUT2D eigenvalue weighted by Gasteiger charge is -2.03. The third-order valence-corrected chi connectivity index (χ3v) is 2.90. The molecule has 0 unspecified atom stereocenters. The van der Waals surface area contributed by atoms with Gasteiger partial charge in [0.1, 0.15) is 0 Å². The predicted octanol–water partition coefficient (Wildman–Crippen LogP) is 2.86. The molecular weight excluding hydrogens is 258 g/mol. The summed E-state index contributed by atoms with van der Waals surface area (Å²) in [5.74, 6) is 0.125. The average Bonchev–Trinajstić information content (AvgIpc) is 2.74. The number of halogens is 1. The van der Waals surface area contributed by atoms with Crippen LogP contribution in [-0.2, 0) is 0 Å². The van der Waals surface area contributed by atoms with Gasteiger partial charge in [-0.05, 0) is 40.2 Å². The third kappa shape index (κ3) is 1.80. The second kappa shape index (κ2) is 3.90. The van der Waals surface area contributed by atoms with Gasteiger partial charge in [-0.25, -0.2) is 0 Å². The Morgan fingerprint density at radius 2 is 2.07 bits per heavy atom. The van der Waals surface area contributed by atoms with Crippen molar-refractivity contribution in [2.75, 3.05) is 5.73 Å². The van der Waals surface area contributed by atoms with E-state index in [9.17, 15) is 4.79 Å². The van der Waals surface area contributed by atoms with Crippen LogP contribution in [0.1, 0.15) is 16.1 Å². The van der Waals surface area contributed by atoms with E-state index in [1.165, 1.54) is 6.26 Å². The molecule has 0 saturated carbocycles. The number of furan rings is 1. The summed E-state index contributed by atoms with van der Waals surface area (Å²) < 4.78 is 5.64. The number of hydrogen-bond donors (Lipinski definition) is 1. The number of anilines is 1. The van der Waals surface area contributed by atoms with Crippen LogP contribution in [0.4, 0.5) is 5.69 Å². The Hall–Kier alpha value is -1.55.